The highest BCUT2D eigenvalue weighted by atomic mass is 15.1. The van der Waals surface area contributed by atoms with Gasteiger partial charge in [-0.05, 0) is 101 Å². The normalized spacial score (nSPS) is 13.4. The van der Waals surface area contributed by atoms with Crippen LogP contribution in [0.3, 0.4) is 0 Å². The maximum Gasteiger partial charge on any atom is 0.0468 e. The van der Waals surface area contributed by atoms with Crippen molar-refractivity contribution in [1.82, 2.24) is 0 Å². The first kappa shape index (κ1) is 27.5. The molecule has 208 valence electrons. The fourth-order valence-electron chi connectivity index (χ4n) is 6.36. The van der Waals surface area contributed by atoms with Crippen molar-refractivity contribution in [1.29, 1.82) is 0 Å². The molecule has 0 saturated heterocycles. The first-order valence-corrected chi connectivity index (χ1v) is 15.1. The van der Waals surface area contributed by atoms with Crippen LogP contribution in [0.15, 0.2) is 140 Å². The number of allylic oxidation sites excluding steroid dienone is 4. The van der Waals surface area contributed by atoms with Crippen LogP contribution in [0.1, 0.15) is 49.4 Å². The Balaban J connectivity index is 1.44. The third-order valence-corrected chi connectivity index (χ3v) is 8.66. The highest BCUT2D eigenvalue weighted by Gasteiger charge is 2.37. The van der Waals surface area contributed by atoms with E-state index in [1.807, 2.05) is 0 Å². The molecule has 1 aliphatic carbocycles. The van der Waals surface area contributed by atoms with Crippen molar-refractivity contribution in [3.8, 4) is 22.3 Å². The van der Waals surface area contributed by atoms with Gasteiger partial charge >= 0.3 is 0 Å². The Morgan fingerprint density at radius 3 is 1.93 bits per heavy atom. The van der Waals surface area contributed by atoms with E-state index in [4.69, 9.17) is 0 Å². The number of benzene rings is 5. The fourth-order valence-corrected chi connectivity index (χ4v) is 6.36. The average Bonchev–Trinajstić information content (AvgIpc) is 3.25. The summed E-state index contributed by atoms with van der Waals surface area (Å²) in [6.07, 6.45) is 10.8. The smallest absolute Gasteiger partial charge is 0.0468 e. The highest BCUT2D eigenvalue weighted by molar-refractivity contribution is 5.88. The van der Waals surface area contributed by atoms with Crippen LogP contribution in [0.2, 0.25) is 0 Å². The second kappa shape index (κ2) is 11.7. The number of hydrogen-bond donors (Lipinski definition) is 0. The summed E-state index contributed by atoms with van der Waals surface area (Å²) in [5, 5.41) is 0. The molecule has 1 nitrogen and oxygen atoms in total. The van der Waals surface area contributed by atoms with Gasteiger partial charge in [0, 0.05) is 22.5 Å². The third kappa shape index (κ3) is 5.12. The summed E-state index contributed by atoms with van der Waals surface area (Å²) in [6.45, 7) is 9.20. The van der Waals surface area contributed by atoms with Crippen molar-refractivity contribution in [2.45, 2.75) is 46.0 Å². The Morgan fingerprint density at radius 1 is 0.619 bits per heavy atom. The number of para-hydroxylation sites is 1. The zero-order valence-corrected chi connectivity index (χ0v) is 25.1. The van der Waals surface area contributed by atoms with Crippen molar-refractivity contribution in [3.05, 3.63) is 162 Å². The van der Waals surface area contributed by atoms with Crippen molar-refractivity contribution in [3.63, 3.8) is 0 Å². The van der Waals surface area contributed by atoms with Crippen LogP contribution < -0.4 is 4.90 Å². The van der Waals surface area contributed by atoms with E-state index in [1.54, 1.807) is 0 Å². The lowest BCUT2D eigenvalue weighted by molar-refractivity contribution is 0.660. The number of rotatable bonds is 8. The Labute approximate surface area is 251 Å². The number of hydrogen-bond acceptors (Lipinski definition) is 1. The van der Waals surface area contributed by atoms with Crippen molar-refractivity contribution in [2.75, 3.05) is 4.90 Å². The highest BCUT2D eigenvalue weighted by Crippen LogP contribution is 2.52. The van der Waals surface area contributed by atoms with Crippen LogP contribution in [0.25, 0.3) is 22.3 Å². The molecule has 1 aliphatic rings. The molecule has 0 fully saturated rings. The largest absolute Gasteiger partial charge is 0.310 e. The topological polar surface area (TPSA) is 3.24 Å². The molecule has 0 unspecified atom stereocenters. The van der Waals surface area contributed by atoms with E-state index in [0.29, 0.717) is 0 Å². The number of nitrogens with zero attached hydrogens (tertiary/aromatic N) is 1. The summed E-state index contributed by atoms with van der Waals surface area (Å²) in [4.78, 5) is 2.38. The summed E-state index contributed by atoms with van der Waals surface area (Å²) >= 11 is 0. The van der Waals surface area contributed by atoms with Gasteiger partial charge in [-0.3, -0.25) is 0 Å². The maximum absolute atomic E-state index is 2.41. The van der Waals surface area contributed by atoms with E-state index in [-0.39, 0.29) is 5.41 Å². The summed E-state index contributed by atoms with van der Waals surface area (Å²) in [6, 6.07) is 42.0. The molecular weight excluding hydrogens is 506 g/mol. The molecular formula is C41H39N. The molecule has 0 spiro atoms. The minimum atomic E-state index is -0.0406. The van der Waals surface area contributed by atoms with Gasteiger partial charge in [-0.2, -0.15) is 0 Å². The van der Waals surface area contributed by atoms with Gasteiger partial charge in [0.2, 0.25) is 0 Å². The monoisotopic (exact) mass is 545 g/mol. The van der Waals surface area contributed by atoms with Crippen LogP contribution in [-0.4, -0.2) is 0 Å². The average molecular weight is 546 g/mol. The van der Waals surface area contributed by atoms with Gasteiger partial charge in [0.15, 0.2) is 0 Å². The van der Waals surface area contributed by atoms with Gasteiger partial charge in [0.25, 0.3) is 0 Å². The SMILES string of the molecule is CC/C=C\C=C/Cc1ccc2c(c1C)-c1cc(N(c3ccccc3)c3ccc(-c4ccccc4)cc3)ccc1C2(C)C. The van der Waals surface area contributed by atoms with E-state index in [0.717, 1.165) is 24.2 Å². The van der Waals surface area contributed by atoms with E-state index >= 15 is 0 Å². The first-order chi connectivity index (χ1) is 20.5. The van der Waals surface area contributed by atoms with E-state index in [1.165, 1.54) is 50.2 Å². The fraction of sp³-hybridized carbons (Fsp3) is 0.171. The molecule has 0 aromatic heterocycles. The molecule has 5 aromatic rings. The minimum absolute atomic E-state index is 0.0406. The molecule has 0 N–H and O–H groups in total. The first-order valence-electron chi connectivity index (χ1n) is 15.1. The van der Waals surface area contributed by atoms with Gasteiger partial charge in [-0.15, -0.1) is 0 Å². The predicted molar refractivity (Wildman–Crippen MR) is 181 cm³/mol. The molecule has 0 aliphatic heterocycles. The summed E-state index contributed by atoms with van der Waals surface area (Å²) < 4.78 is 0. The van der Waals surface area contributed by atoms with E-state index in [9.17, 15) is 0 Å². The standard InChI is InChI=1S/C41H39N/c1-5-6-7-8-11-16-31-23-27-39-40(30(31)2)37-29-36(26-28-38(37)41(39,3)4)42(34-19-14-10-15-20-34)35-24-21-33(22-25-35)32-17-12-9-13-18-32/h6-15,17-29H,5,16H2,1-4H3/b7-6-,11-8-. The van der Waals surface area contributed by atoms with Crippen LogP contribution >= 0.6 is 0 Å². The molecule has 0 radical (unpaired) electrons. The zero-order valence-electron chi connectivity index (χ0n) is 25.1. The van der Waals surface area contributed by atoms with Gasteiger partial charge in [0.1, 0.15) is 0 Å². The van der Waals surface area contributed by atoms with Gasteiger partial charge < -0.3 is 4.90 Å². The molecule has 0 saturated carbocycles. The third-order valence-electron chi connectivity index (χ3n) is 8.66. The minimum Gasteiger partial charge on any atom is -0.310 e. The Kier molecular flexibility index (Phi) is 7.68. The van der Waals surface area contributed by atoms with E-state index in [2.05, 4.69) is 172 Å². The second-order valence-corrected chi connectivity index (χ2v) is 11.7. The quantitative estimate of drug-likeness (QED) is 0.175. The van der Waals surface area contributed by atoms with E-state index < -0.39 is 0 Å². The van der Waals surface area contributed by atoms with Crippen LogP contribution in [-0.2, 0) is 11.8 Å². The molecule has 0 bridgehead atoms. The summed E-state index contributed by atoms with van der Waals surface area (Å²) in [7, 11) is 0. The molecule has 0 atom stereocenters. The van der Waals surface area contributed by atoms with Crippen LogP contribution in [0, 0.1) is 6.92 Å². The second-order valence-electron chi connectivity index (χ2n) is 11.7. The maximum atomic E-state index is 2.41. The van der Waals surface area contributed by atoms with Gasteiger partial charge in [-0.25, -0.2) is 0 Å². The summed E-state index contributed by atoms with van der Waals surface area (Å²) in [5.74, 6) is 0. The lowest BCUT2D eigenvalue weighted by Gasteiger charge is -2.27. The summed E-state index contributed by atoms with van der Waals surface area (Å²) in [5.41, 5.74) is 14.2. The van der Waals surface area contributed by atoms with Crippen molar-refractivity contribution >= 4 is 17.1 Å². The predicted octanol–water partition coefficient (Wildman–Crippen LogP) is 11.5. The molecule has 0 amide bonds. The zero-order chi connectivity index (χ0) is 29.1. The van der Waals surface area contributed by atoms with Gasteiger partial charge in [-0.1, -0.05) is 124 Å². The molecule has 0 heterocycles. The van der Waals surface area contributed by atoms with Crippen molar-refractivity contribution < 1.29 is 0 Å². The number of anilines is 3. The molecule has 1 heteroatoms. The lowest BCUT2D eigenvalue weighted by atomic mass is 9.81. The Bertz CT molecular complexity index is 1740. The molecule has 6 rings (SSSR count). The Morgan fingerprint density at radius 2 is 1.21 bits per heavy atom. The Hall–Kier alpha value is -4.62. The lowest BCUT2D eigenvalue weighted by Crippen LogP contribution is -2.15. The van der Waals surface area contributed by atoms with Crippen molar-refractivity contribution in [2.24, 2.45) is 0 Å². The molecule has 5 aromatic carbocycles. The molecule has 42 heavy (non-hydrogen) atoms. The number of fused-ring (bicyclic) bond motifs is 3. The van der Waals surface area contributed by atoms with Crippen LogP contribution in [0.4, 0.5) is 17.1 Å². The van der Waals surface area contributed by atoms with Crippen LogP contribution in [0.5, 0.6) is 0 Å². The van der Waals surface area contributed by atoms with Gasteiger partial charge in [0.05, 0.1) is 0 Å².